The van der Waals surface area contributed by atoms with Crippen LogP contribution in [0, 0.1) is 28.6 Å². The van der Waals surface area contributed by atoms with Gasteiger partial charge in [-0.15, -0.1) is 13.2 Å². The Morgan fingerprint density at radius 2 is 1.77 bits per heavy atom. The number of ether oxygens (including phenoxy) is 4. The number of hydrogen-bond acceptors (Lipinski definition) is 9. The highest BCUT2D eigenvalue weighted by molar-refractivity contribution is 6.01. The number of alkyl halides is 3. The largest absolute Gasteiger partial charge is 0.573 e. The summed E-state index contributed by atoms with van der Waals surface area (Å²) in [5.41, 5.74) is -2.54. The van der Waals surface area contributed by atoms with Gasteiger partial charge in [0.1, 0.15) is 5.75 Å². The molecule has 3 saturated carbocycles. The van der Waals surface area contributed by atoms with Crippen LogP contribution in [0.25, 0.3) is 0 Å². The first-order valence-corrected chi connectivity index (χ1v) is 14.7. The van der Waals surface area contributed by atoms with E-state index in [1.54, 1.807) is 19.9 Å². The number of ketones is 2. The Morgan fingerprint density at radius 3 is 2.43 bits per heavy atom. The number of carbonyl (C=O) groups excluding carboxylic acids is 4. The van der Waals surface area contributed by atoms with Crippen LogP contribution in [0.15, 0.2) is 48.1 Å². The molecule has 238 valence electrons. The number of halogens is 3. The second-order valence-electron chi connectivity index (χ2n) is 12.4. The Morgan fingerprint density at radius 1 is 1.07 bits per heavy atom. The van der Waals surface area contributed by atoms with E-state index >= 15 is 0 Å². The van der Waals surface area contributed by atoms with Crippen LogP contribution >= 0.6 is 0 Å². The summed E-state index contributed by atoms with van der Waals surface area (Å²) < 4.78 is 57.6. The summed E-state index contributed by atoms with van der Waals surface area (Å²) in [4.78, 5) is 51.6. The number of allylic oxidation sites excluding steroid dienone is 4. The molecule has 3 fully saturated rings. The fraction of sp³-hybridized carbons (Fsp3) is 0.562. The number of aliphatic hydroxyl groups is 1. The maximum Gasteiger partial charge on any atom is 0.573 e. The number of benzene rings is 1. The van der Waals surface area contributed by atoms with E-state index in [0.717, 1.165) is 29.8 Å². The van der Waals surface area contributed by atoms with Crippen LogP contribution in [0.3, 0.4) is 0 Å². The molecule has 0 heterocycles. The van der Waals surface area contributed by atoms with Gasteiger partial charge in [0.15, 0.2) is 18.2 Å². The van der Waals surface area contributed by atoms with E-state index in [1.807, 2.05) is 13.0 Å². The van der Waals surface area contributed by atoms with Gasteiger partial charge in [-0.05, 0) is 87.3 Å². The third-order valence-corrected chi connectivity index (χ3v) is 10.2. The van der Waals surface area contributed by atoms with Gasteiger partial charge in [-0.25, -0.2) is 9.59 Å². The van der Waals surface area contributed by atoms with E-state index in [4.69, 9.17) is 14.2 Å². The van der Waals surface area contributed by atoms with E-state index in [9.17, 15) is 37.5 Å². The summed E-state index contributed by atoms with van der Waals surface area (Å²) in [5, 5.41) is 11.7. The molecule has 12 heteroatoms. The number of rotatable bonds is 7. The molecular weight excluding hydrogens is 585 g/mol. The average molecular weight is 621 g/mol. The quantitative estimate of drug-likeness (QED) is 0.311. The highest BCUT2D eigenvalue weighted by Crippen LogP contribution is 2.68. The lowest BCUT2D eigenvalue weighted by Gasteiger charge is -2.59. The maximum absolute atomic E-state index is 13.9. The lowest BCUT2D eigenvalue weighted by Crippen LogP contribution is -2.63. The molecule has 0 aromatic heterocycles. The van der Waals surface area contributed by atoms with Gasteiger partial charge in [0.25, 0.3) is 0 Å². The molecule has 1 N–H and O–H groups in total. The molecule has 5 rings (SSSR count). The Kier molecular flexibility index (Phi) is 8.19. The molecule has 0 radical (unpaired) electrons. The van der Waals surface area contributed by atoms with Crippen LogP contribution in [0.5, 0.6) is 5.75 Å². The van der Waals surface area contributed by atoms with Crippen LogP contribution < -0.4 is 4.74 Å². The number of carbonyl (C=O) groups is 4. The molecule has 0 amide bonds. The molecule has 4 aliphatic rings. The summed E-state index contributed by atoms with van der Waals surface area (Å²) in [6.07, 6.45) is 0.109. The SMILES string of the molecule is CCOC(=O)O[C@]1(C(=O)OCC(=O)c2ccc(OC(F)(F)F)cc2)CC[C@H]2[C@@H]3CCC4=CC(=O)C=C[C@]4(C)[C@H]3[C@@H](O)C[C@@]21C. The molecule has 1 aromatic carbocycles. The van der Waals surface area contributed by atoms with Crippen molar-refractivity contribution < 1.29 is 56.4 Å². The molecule has 7 atom stereocenters. The zero-order valence-electron chi connectivity index (χ0n) is 24.6. The number of Topliss-reactive ketones (excluding diaryl/α,β-unsaturated/α-hetero) is 1. The first-order chi connectivity index (χ1) is 20.6. The predicted molar refractivity (Wildman–Crippen MR) is 147 cm³/mol. The molecule has 0 aliphatic heterocycles. The van der Waals surface area contributed by atoms with Gasteiger partial charge in [-0.3, -0.25) is 9.59 Å². The minimum atomic E-state index is -4.89. The minimum absolute atomic E-state index is 0.0114. The maximum atomic E-state index is 13.9. The molecule has 0 spiro atoms. The molecule has 0 unspecified atom stereocenters. The summed E-state index contributed by atoms with van der Waals surface area (Å²) in [6.45, 7) is 4.62. The zero-order valence-corrected chi connectivity index (χ0v) is 24.6. The summed E-state index contributed by atoms with van der Waals surface area (Å²) >= 11 is 0. The van der Waals surface area contributed by atoms with E-state index < -0.39 is 59.2 Å². The minimum Gasteiger partial charge on any atom is -0.454 e. The number of hydrogen-bond donors (Lipinski definition) is 1. The lowest BCUT2D eigenvalue weighted by molar-refractivity contribution is -0.274. The molecule has 0 saturated heterocycles. The molecule has 4 aliphatic carbocycles. The molecule has 1 aromatic rings. The second-order valence-corrected chi connectivity index (χ2v) is 12.4. The fourth-order valence-electron chi connectivity index (χ4n) is 8.32. The van der Waals surface area contributed by atoms with Crippen molar-refractivity contribution in [1.82, 2.24) is 0 Å². The van der Waals surface area contributed by atoms with E-state index in [-0.39, 0.29) is 48.5 Å². The topological polar surface area (TPSA) is 125 Å². The van der Waals surface area contributed by atoms with Gasteiger partial charge in [-0.1, -0.05) is 25.5 Å². The Hall–Kier alpha value is -3.67. The smallest absolute Gasteiger partial charge is 0.454 e. The van der Waals surface area contributed by atoms with Gasteiger partial charge in [-0.2, -0.15) is 0 Å². The Labute approximate surface area is 252 Å². The summed E-state index contributed by atoms with van der Waals surface area (Å²) in [5.74, 6) is -2.71. The predicted octanol–water partition coefficient (Wildman–Crippen LogP) is 5.50. The van der Waals surface area contributed by atoms with Crippen LogP contribution in [-0.4, -0.2) is 60.1 Å². The first kappa shape index (κ1) is 31.7. The van der Waals surface area contributed by atoms with Gasteiger partial charge in [0, 0.05) is 22.3 Å². The van der Waals surface area contributed by atoms with E-state index in [2.05, 4.69) is 4.74 Å². The van der Waals surface area contributed by atoms with Crippen molar-refractivity contribution in [3.8, 4) is 5.75 Å². The monoisotopic (exact) mass is 620 g/mol. The van der Waals surface area contributed by atoms with Crippen molar-refractivity contribution in [2.75, 3.05) is 13.2 Å². The van der Waals surface area contributed by atoms with E-state index in [1.165, 1.54) is 6.08 Å². The third kappa shape index (κ3) is 5.41. The Bertz CT molecular complexity index is 1400. The van der Waals surface area contributed by atoms with Crippen molar-refractivity contribution in [3.63, 3.8) is 0 Å². The second kappa shape index (κ2) is 11.4. The lowest BCUT2D eigenvalue weighted by atomic mass is 9.46. The number of aliphatic hydroxyl groups excluding tert-OH is 1. The van der Waals surface area contributed by atoms with Crippen LogP contribution in [0.2, 0.25) is 0 Å². The van der Waals surface area contributed by atoms with Gasteiger partial charge in [0.2, 0.25) is 5.60 Å². The number of fused-ring (bicyclic) bond motifs is 5. The summed E-state index contributed by atoms with van der Waals surface area (Å²) in [7, 11) is 0. The normalized spacial score (nSPS) is 34.2. The van der Waals surface area contributed by atoms with Gasteiger partial charge in [0.05, 0.1) is 12.7 Å². The molecule has 44 heavy (non-hydrogen) atoms. The summed E-state index contributed by atoms with van der Waals surface area (Å²) in [6, 6.07) is 4.18. The first-order valence-electron chi connectivity index (χ1n) is 14.7. The van der Waals surface area contributed by atoms with Crippen molar-refractivity contribution in [3.05, 3.63) is 53.6 Å². The van der Waals surface area contributed by atoms with Crippen molar-refractivity contribution in [2.45, 2.75) is 70.9 Å². The Balaban J connectivity index is 1.39. The van der Waals surface area contributed by atoms with Gasteiger partial charge < -0.3 is 24.1 Å². The standard InChI is InChI=1S/C32H35F3O9/c1-4-41-28(40)44-31(27(39)42-17-25(38)18-5-8-21(9-6-18)43-32(33,34)35)14-12-23-22-10-7-19-15-20(36)11-13-29(19,2)26(22)24(37)16-30(23,31)3/h5-6,8-9,11,13,15,22-24,26,37H,4,7,10,12,14,16-17H2,1-3H3/t22-,23-,24-,26+,29-,30-,31-/m0/s1. The van der Waals surface area contributed by atoms with Gasteiger partial charge >= 0.3 is 18.5 Å². The van der Waals surface area contributed by atoms with Crippen LogP contribution in [-0.2, 0) is 23.8 Å². The van der Waals surface area contributed by atoms with Crippen molar-refractivity contribution in [1.29, 1.82) is 0 Å². The van der Waals surface area contributed by atoms with E-state index in [0.29, 0.717) is 19.3 Å². The average Bonchev–Trinajstić information content (AvgIpc) is 3.23. The van der Waals surface area contributed by atoms with Crippen LogP contribution in [0.1, 0.15) is 63.2 Å². The number of esters is 1. The molecule has 0 bridgehead atoms. The molecular formula is C32H35F3O9. The highest BCUT2D eigenvalue weighted by Gasteiger charge is 2.71. The van der Waals surface area contributed by atoms with Crippen LogP contribution in [0.4, 0.5) is 18.0 Å². The zero-order chi connectivity index (χ0) is 32.1. The highest BCUT2D eigenvalue weighted by atomic mass is 19.4. The van der Waals surface area contributed by atoms with Crippen molar-refractivity contribution >= 4 is 23.7 Å². The third-order valence-electron chi connectivity index (χ3n) is 10.2. The fourth-order valence-corrected chi connectivity index (χ4v) is 8.32. The van der Waals surface area contributed by atoms with Crippen molar-refractivity contribution in [2.24, 2.45) is 28.6 Å². The molecule has 9 nitrogen and oxygen atoms in total.